The SMILES string of the molecule is CC(C(=O)C=[N+]=[N-])c1cccc(C(=O)c2ccccc2)c1. The normalized spacial score (nSPS) is 11.3. The summed E-state index contributed by atoms with van der Waals surface area (Å²) in [5, 5.41) is 0. The highest BCUT2D eigenvalue weighted by atomic mass is 16.1. The molecule has 0 saturated heterocycles. The van der Waals surface area contributed by atoms with Crippen molar-refractivity contribution in [3.8, 4) is 0 Å². The fraction of sp³-hybridized carbons (Fsp3) is 0.118. The number of rotatable bonds is 5. The minimum absolute atomic E-state index is 0.0899. The Balaban J connectivity index is 2.32. The zero-order chi connectivity index (χ0) is 15.2. The van der Waals surface area contributed by atoms with Gasteiger partial charge in [-0.25, -0.2) is 0 Å². The third kappa shape index (κ3) is 3.38. The van der Waals surface area contributed by atoms with E-state index in [1.807, 2.05) is 6.07 Å². The first-order chi connectivity index (χ1) is 10.1. The summed E-state index contributed by atoms with van der Waals surface area (Å²) >= 11 is 0. The van der Waals surface area contributed by atoms with Crippen molar-refractivity contribution in [2.75, 3.05) is 0 Å². The Labute approximate surface area is 122 Å². The van der Waals surface area contributed by atoms with Crippen LogP contribution in [0.4, 0.5) is 0 Å². The molecule has 0 heterocycles. The Bertz CT molecular complexity index is 717. The van der Waals surface area contributed by atoms with Crippen LogP contribution < -0.4 is 0 Å². The van der Waals surface area contributed by atoms with E-state index in [-0.39, 0.29) is 11.6 Å². The van der Waals surface area contributed by atoms with Gasteiger partial charge in [-0.2, -0.15) is 4.79 Å². The molecule has 4 nitrogen and oxygen atoms in total. The maximum atomic E-state index is 12.4. The number of benzene rings is 2. The highest BCUT2D eigenvalue weighted by molar-refractivity contribution is 6.27. The monoisotopic (exact) mass is 278 g/mol. The number of hydrogen-bond acceptors (Lipinski definition) is 2. The molecule has 2 rings (SSSR count). The number of carbonyl (C=O) groups is 2. The molecule has 1 atom stereocenters. The van der Waals surface area contributed by atoms with Gasteiger partial charge in [0.05, 0.1) is 5.92 Å². The number of ketones is 2. The van der Waals surface area contributed by atoms with Gasteiger partial charge in [-0.1, -0.05) is 55.5 Å². The minimum atomic E-state index is -0.468. The molecular weight excluding hydrogens is 264 g/mol. The number of Topliss-reactive ketones (excluding diaryl/α,β-unsaturated/α-hetero) is 1. The van der Waals surface area contributed by atoms with Crippen LogP contribution in [-0.2, 0) is 4.79 Å². The Morgan fingerprint density at radius 1 is 1.05 bits per heavy atom. The molecule has 0 saturated carbocycles. The lowest BCUT2D eigenvalue weighted by Crippen LogP contribution is -2.11. The molecule has 0 aliphatic carbocycles. The average molecular weight is 278 g/mol. The van der Waals surface area contributed by atoms with Crippen molar-refractivity contribution in [2.45, 2.75) is 12.8 Å². The standard InChI is InChI=1S/C17H14N2O2/c1-12(16(20)11-19-18)14-8-5-9-15(10-14)17(21)13-6-3-2-4-7-13/h2-12H,1H3. The van der Waals surface area contributed by atoms with Gasteiger partial charge in [-0.15, -0.1) is 0 Å². The first-order valence-electron chi connectivity index (χ1n) is 6.54. The lowest BCUT2D eigenvalue weighted by Gasteiger charge is -2.08. The first-order valence-corrected chi connectivity index (χ1v) is 6.54. The van der Waals surface area contributed by atoms with E-state index in [4.69, 9.17) is 5.53 Å². The largest absolute Gasteiger partial charge is 0.361 e. The van der Waals surface area contributed by atoms with Crippen LogP contribution in [0.5, 0.6) is 0 Å². The van der Waals surface area contributed by atoms with Crippen molar-refractivity contribution >= 4 is 17.8 Å². The molecule has 0 spiro atoms. The van der Waals surface area contributed by atoms with E-state index in [1.54, 1.807) is 55.5 Å². The smallest absolute Gasteiger partial charge is 0.323 e. The minimum Gasteiger partial charge on any atom is -0.361 e. The zero-order valence-electron chi connectivity index (χ0n) is 11.6. The van der Waals surface area contributed by atoms with Gasteiger partial charge in [0.1, 0.15) is 0 Å². The van der Waals surface area contributed by atoms with E-state index >= 15 is 0 Å². The molecular formula is C17H14N2O2. The fourth-order valence-corrected chi connectivity index (χ4v) is 2.04. The summed E-state index contributed by atoms with van der Waals surface area (Å²) in [6, 6.07) is 15.9. The quantitative estimate of drug-likeness (QED) is 0.365. The summed E-state index contributed by atoms with van der Waals surface area (Å²) in [7, 11) is 0. The van der Waals surface area contributed by atoms with E-state index in [0.29, 0.717) is 16.7 Å². The van der Waals surface area contributed by atoms with Crippen molar-refractivity contribution in [3.05, 3.63) is 76.8 Å². The molecule has 0 aliphatic rings. The maximum absolute atomic E-state index is 12.4. The average Bonchev–Trinajstić information content (AvgIpc) is 2.54. The maximum Gasteiger partial charge on any atom is 0.323 e. The van der Waals surface area contributed by atoms with Gasteiger partial charge < -0.3 is 5.53 Å². The number of carbonyl (C=O) groups excluding carboxylic acids is 2. The summed E-state index contributed by atoms with van der Waals surface area (Å²) in [4.78, 5) is 26.8. The van der Waals surface area contributed by atoms with Crippen LogP contribution >= 0.6 is 0 Å². The van der Waals surface area contributed by atoms with Crippen LogP contribution in [0.3, 0.4) is 0 Å². The summed E-state index contributed by atoms with van der Waals surface area (Å²) in [5.41, 5.74) is 10.3. The molecule has 0 aromatic heterocycles. The van der Waals surface area contributed by atoms with E-state index in [9.17, 15) is 9.59 Å². The van der Waals surface area contributed by atoms with Gasteiger partial charge in [0.2, 0.25) is 5.78 Å². The molecule has 0 aliphatic heterocycles. The molecule has 1 unspecified atom stereocenters. The van der Waals surface area contributed by atoms with Gasteiger partial charge >= 0.3 is 6.21 Å². The van der Waals surface area contributed by atoms with Crippen LogP contribution in [0.25, 0.3) is 5.53 Å². The second-order valence-electron chi connectivity index (χ2n) is 4.69. The molecule has 0 radical (unpaired) electrons. The predicted octanol–water partition coefficient (Wildman–Crippen LogP) is 2.89. The molecule has 0 N–H and O–H groups in total. The molecule has 104 valence electrons. The number of nitrogens with zero attached hydrogens (tertiary/aromatic N) is 2. The van der Waals surface area contributed by atoms with E-state index < -0.39 is 5.92 Å². The molecule has 4 heteroatoms. The molecule has 2 aromatic carbocycles. The van der Waals surface area contributed by atoms with Crippen molar-refractivity contribution in [3.63, 3.8) is 0 Å². The van der Waals surface area contributed by atoms with Gasteiger partial charge in [0, 0.05) is 11.1 Å². The number of hydrogen-bond donors (Lipinski definition) is 0. The third-order valence-electron chi connectivity index (χ3n) is 3.30. The van der Waals surface area contributed by atoms with E-state index in [2.05, 4.69) is 4.79 Å². The highest BCUT2D eigenvalue weighted by Gasteiger charge is 2.18. The van der Waals surface area contributed by atoms with E-state index in [1.165, 1.54) is 0 Å². The Morgan fingerprint density at radius 3 is 2.38 bits per heavy atom. The zero-order valence-corrected chi connectivity index (χ0v) is 11.6. The van der Waals surface area contributed by atoms with Crippen molar-refractivity contribution in [1.29, 1.82) is 0 Å². The first kappa shape index (κ1) is 14.6. The van der Waals surface area contributed by atoms with Crippen molar-refractivity contribution in [1.82, 2.24) is 0 Å². The second kappa shape index (κ2) is 6.55. The van der Waals surface area contributed by atoms with Gasteiger partial charge in [0.25, 0.3) is 0 Å². The van der Waals surface area contributed by atoms with Gasteiger partial charge in [-0.05, 0) is 11.6 Å². The summed E-state index contributed by atoms with van der Waals surface area (Å²) in [6.07, 6.45) is 0.871. The summed E-state index contributed by atoms with van der Waals surface area (Å²) < 4.78 is 0. The van der Waals surface area contributed by atoms with Gasteiger partial charge in [0.15, 0.2) is 5.78 Å². The van der Waals surface area contributed by atoms with Crippen LogP contribution in [0.15, 0.2) is 54.6 Å². The second-order valence-corrected chi connectivity index (χ2v) is 4.69. The van der Waals surface area contributed by atoms with Crippen LogP contribution in [-0.4, -0.2) is 22.6 Å². The van der Waals surface area contributed by atoms with Crippen molar-refractivity contribution < 1.29 is 14.4 Å². The summed E-state index contributed by atoms with van der Waals surface area (Å²) in [6.45, 7) is 1.70. The highest BCUT2D eigenvalue weighted by Crippen LogP contribution is 2.19. The lowest BCUT2D eigenvalue weighted by molar-refractivity contribution is -0.117. The molecule has 0 amide bonds. The Morgan fingerprint density at radius 2 is 1.71 bits per heavy atom. The van der Waals surface area contributed by atoms with Gasteiger partial charge in [-0.3, -0.25) is 9.59 Å². The third-order valence-corrected chi connectivity index (χ3v) is 3.30. The topological polar surface area (TPSA) is 70.5 Å². The molecule has 0 fully saturated rings. The van der Waals surface area contributed by atoms with Crippen molar-refractivity contribution in [2.24, 2.45) is 0 Å². The predicted molar refractivity (Wildman–Crippen MR) is 79.4 cm³/mol. The van der Waals surface area contributed by atoms with Crippen LogP contribution in [0.2, 0.25) is 0 Å². The molecule has 2 aromatic rings. The Kier molecular flexibility index (Phi) is 4.54. The Hall–Kier alpha value is -2.84. The van der Waals surface area contributed by atoms with Crippen LogP contribution in [0.1, 0.15) is 34.3 Å². The molecule has 21 heavy (non-hydrogen) atoms. The molecule has 0 bridgehead atoms. The fourth-order valence-electron chi connectivity index (χ4n) is 2.04. The lowest BCUT2D eigenvalue weighted by atomic mass is 9.93. The summed E-state index contributed by atoms with van der Waals surface area (Å²) in [5.74, 6) is -0.876. The van der Waals surface area contributed by atoms with Crippen LogP contribution in [0, 0.1) is 0 Å². The van der Waals surface area contributed by atoms with E-state index in [0.717, 1.165) is 6.21 Å².